The van der Waals surface area contributed by atoms with Gasteiger partial charge in [-0.1, -0.05) is 6.07 Å². The number of rotatable bonds is 9. The number of ether oxygens (including phenoxy) is 3. The number of thiocarbonyl (C=S) groups is 1. The van der Waals surface area contributed by atoms with E-state index < -0.39 is 6.04 Å². The highest BCUT2D eigenvalue weighted by molar-refractivity contribution is 7.80. The molecule has 1 saturated heterocycles. The van der Waals surface area contributed by atoms with Crippen LogP contribution in [0, 0.1) is 5.82 Å². The Morgan fingerprint density at radius 3 is 2.29 bits per heavy atom. The first-order valence-corrected chi connectivity index (χ1v) is 12.3. The van der Waals surface area contributed by atoms with Gasteiger partial charge in [0, 0.05) is 12.2 Å². The van der Waals surface area contributed by atoms with E-state index in [-0.39, 0.29) is 29.2 Å². The average molecular weight is 538 g/mol. The fraction of sp³-hybridized carbons (Fsp3) is 0.250. The van der Waals surface area contributed by atoms with E-state index in [1.54, 1.807) is 62.6 Å². The number of nitrogens with one attached hydrogen (secondary N) is 1. The standard InChI is InChI=1S/C28H28FN3O5S/c1-35-22-11-9-21(10-12-22)32-26(33)17-23(27(32)34)31(28(38)30-20-7-5-19(29)6-8-20)15-14-18-4-13-24(36-2)25(16-18)37-3/h4-13,16,23H,14-15,17H2,1-3H3,(H,30,38). The first kappa shape index (κ1) is 26.9. The summed E-state index contributed by atoms with van der Waals surface area (Å²) in [4.78, 5) is 29.5. The van der Waals surface area contributed by atoms with E-state index in [0.717, 1.165) is 5.56 Å². The van der Waals surface area contributed by atoms with Gasteiger partial charge in [-0.25, -0.2) is 9.29 Å². The molecule has 1 unspecified atom stereocenters. The molecule has 1 fully saturated rings. The molecule has 0 bridgehead atoms. The molecule has 0 aromatic heterocycles. The Balaban J connectivity index is 1.59. The lowest BCUT2D eigenvalue weighted by Gasteiger charge is -2.30. The minimum absolute atomic E-state index is 0.0396. The zero-order valence-corrected chi connectivity index (χ0v) is 22.1. The monoisotopic (exact) mass is 537 g/mol. The summed E-state index contributed by atoms with van der Waals surface area (Å²) in [5.74, 6) is 0.723. The Morgan fingerprint density at radius 1 is 0.974 bits per heavy atom. The topological polar surface area (TPSA) is 80.3 Å². The Bertz CT molecular complexity index is 1320. The van der Waals surface area contributed by atoms with Crippen molar-refractivity contribution in [1.29, 1.82) is 0 Å². The van der Waals surface area contributed by atoms with Gasteiger partial charge in [0.25, 0.3) is 5.91 Å². The number of carbonyl (C=O) groups is 2. The molecule has 1 aliphatic rings. The van der Waals surface area contributed by atoms with Crippen molar-refractivity contribution in [2.24, 2.45) is 0 Å². The number of benzene rings is 3. The third-order valence-electron chi connectivity index (χ3n) is 6.28. The smallest absolute Gasteiger partial charge is 0.257 e. The summed E-state index contributed by atoms with van der Waals surface area (Å²) in [5, 5.41) is 3.33. The van der Waals surface area contributed by atoms with Crippen LogP contribution in [-0.2, 0) is 16.0 Å². The Kier molecular flexibility index (Phi) is 8.42. The van der Waals surface area contributed by atoms with Gasteiger partial charge >= 0.3 is 0 Å². The predicted octanol–water partition coefficient (Wildman–Crippen LogP) is 4.43. The van der Waals surface area contributed by atoms with Gasteiger partial charge in [0.1, 0.15) is 17.6 Å². The quantitative estimate of drug-likeness (QED) is 0.317. The summed E-state index contributed by atoms with van der Waals surface area (Å²) in [6.45, 7) is 0.336. The van der Waals surface area contributed by atoms with Gasteiger partial charge in [-0.15, -0.1) is 0 Å². The molecule has 3 aromatic carbocycles. The highest BCUT2D eigenvalue weighted by atomic mass is 32.1. The van der Waals surface area contributed by atoms with Crippen LogP contribution in [0.2, 0.25) is 0 Å². The second kappa shape index (κ2) is 11.9. The van der Waals surface area contributed by atoms with Gasteiger partial charge in [0.05, 0.1) is 33.4 Å². The highest BCUT2D eigenvalue weighted by Crippen LogP contribution is 2.30. The van der Waals surface area contributed by atoms with Gasteiger partial charge in [-0.2, -0.15) is 0 Å². The number of hydrogen-bond donors (Lipinski definition) is 1. The van der Waals surface area contributed by atoms with Crippen molar-refractivity contribution in [3.63, 3.8) is 0 Å². The third-order valence-corrected chi connectivity index (χ3v) is 6.61. The van der Waals surface area contributed by atoms with Gasteiger partial charge in [0.2, 0.25) is 5.91 Å². The van der Waals surface area contributed by atoms with Crippen LogP contribution < -0.4 is 24.4 Å². The SMILES string of the molecule is COc1ccc(N2C(=O)CC(N(CCc3ccc(OC)c(OC)c3)C(=S)Nc3ccc(F)cc3)C2=O)cc1. The largest absolute Gasteiger partial charge is 0.497 e. The van der Waals surface area contributed by atoms with Crippen LogP contribution in [0.4, 0.5) is 15.8 Å². The van der Waals surface area contributed by atoms with E-state index in [4.69, 9.17) is 26.4 Å². The van der Waals surface area contributed by atoms with E-state index in [9.17, 15) is 14.0 Å². The summed E-state index contributed by atoms with van der Waals surface area (Å²) in [6, 6.07) is 17.2. The maximum atomic E-state index is 13.6. The van der Waals surface area contributed by atoms with E-state index in [1.165, 1.54) is 17.0 Å². The fourth-order valence-electron chi connectivity index (χ4n) is 4.28. The van der Waals surface area contributed by atoms with E-state index in [2.05, 4.69) is 5.32 Å². The number of anilines is 2. The van der Waals surface area contributed by atoms with Crippen molar-refractivity contribution < 1.29 is 28.2 Å². The summed E-state index contributed by atoms with van der Waals surface area (Å²) in [7, 11) is 4.67. The molecule has 198 valence electrons. The molecule has 0 radical (unpaired) electrons. The number of halogens is 1. The maximum absolute atomic E-state index is 13.6. The average Bonchev–Trinajstić information content (AvgIpc) is 3.23. The molecule has 38 heavy (non-hydrogen) atoms. The van der Waals surface area contributed by atoms with Crippen LogP contribution in [0.3, 0.4) is 0 Å². The third kappa shape index (κ3) is 5.86. The minimum Gasteiger partial charge on any atom is -0.497 e. The zero-order valence-electron chi connectivity index (χ0n) is 21.3. The van der Waals surface area contributed by atoms with Gasteiger partial charge < -0.3 is 24.4 Å². The molecule has 1 N–H and O–H groups in total. The Hall–Kier alpha value is -4.18. The summed E-state index contributed by atoms with van der Waals surface area (Å²) in [5.41, 5.74) is 1.96. The number of imide groups is 1. The van der Waals surface area contributed by atoms with Crippen molar-refractivity contribution >= 4 is 40.5 Å². The van der Waals surface area contributed by atoms with Crippen molar-refractivity contribution in [2.75, 3.05) is 38.1 Å². The molecule has 3 aromatic rings. The van der Waals surface area contributed by atoms with Gasteiger partial charge in [-0.05, 0) is 84.9 Å². The normalized spacial score (nSPS) is 14.8. The van der Waals surface area contributed by atoms with Crippen LogP contribution in [0.1, 0.15) is 12.0 Å². The second-order valence-corrected chi connectivity index (χ2v) is 8.94. The number of amides is 2. The molecule has 2 amide bonds. The number of nitrogens with zero attached hydrogens (tertiary/aromatic N) is 2. The molecule has 8 nitrogen and oxygen atoms in total. The van der Waals surface area contributed by atoms with Crippen LogP contribution in [0.5, 0.6) is 17.2 Å². The molecule has 1 aliphatic heterocycles. The molecule has 1 heterocycles. The molecule has 0 aliphatic carbocycles. The highest BCUT2D eigenvalue weighted by Gasteiger charge is 2.43. The predicted molar refractivity (Wildman–Crippen MR) is 146 cm³/mol. The number of hydrogen-bond acceptors (Lipinski definition) is 6. The lowest BCUT2D eigenvalue weighted by atomic mass is 10.1. The lowest BCUT2D eigenvalue weighted by Crippen LogP contribution is -2.48. The van der Waals surface area contributed by atoms with Crippen molar-refractivity contribution in [2.45, 2.75) is 18.9 Å². The van der Waals surface area contributed by atoms with Crippen LogP contribution in [0.25, 0.3) is 0 Å². The summed E-state index contributed by atoms with van der Waals surface area (Å²) < 4.78 is 29.3. The fourth-order valence-corrected chi connectivity index (χ4v) is 4.61. The molecular formula is C28H28FN3O5S. The Labute approximate surface area is 225 Å². The molecule has 0 spiro atoms. The molecule has 10 heteroatoms. The number of carbonyl (C=O) groups excluding carboxylic acids is 2. The minimum atomic E-state index is -0.815. The molecule has 0 saturated carbocycles. The van der Waals surface area contributed by atoms with E-state index in [0.29, 0.717) is 41.6 Å². The summed E-state index contributed by atoms with van der Waals surface area (Å²) in [6.07, 6.45) is 0.466. The van der Waals surface area contributed by atoms with Crippen molar-refractivity contribution in [3.05, 3.63) is 78.1 Å². The maximum Gasteiger partial charge on any atom is 0.257 e. The van der Waals surface area contributed by atoms with Crippen LogP contribution >= 0.6 is 12.2 Å². The van der Waals surface area contributed by atoms with Gasteiger partial charge in [0.15, 0.2) is 16.6 Å². The Morgan fingerprint density at radius 2 is 1.66 bits per heavy atom. The molecule has 4 rings (SSSR count). The summed E-state index contributed by atoms with van der Waals surface area (Å²) >= 11 is 5.69. The first-order chi connectivity index (χ1) is 18.3. The van der Waals surface area contributed by atoms with Crippen LogP contribution in [-0.4, -0.2) is 55.7 Å². The molecular weight excluding hydrogens is 509 g/mol. The van der Waals surface area contributed by atoms with E-state index >= 15 is 0 Å². The van der Waals surface area contributed by atoms with Crippen molar-refractivity contribution in [3.8, 4) is 17.2 Å². The first-order valence-electron chi connectivity index (χ1n) is 11.9. The number of methoxy groups -OCH3 is 3. The van der Waals surface area contributed by atoms with Crippen LogP contribution in [0.15, 0.2) is 66.7 Å². The second-order valence-electron chi connectivity index (χ2n) is 8.56. The molecule has 1 atom stereocenters. The van der Waals surface area contributed by atoms with Crippen molar-refractivity contribution in [1.82, 2.24) is 4.90 Å². The zero-order chi connectivity index (χ0) is 27.2. The van der Waals surface area contributed by atoms with Gasteiger partial charge in [-0.3, -0.25) is 9.59 Å². The lowest BCUT2D eigenvalue weighted by molar-refractivity contribution is -0.122. The van der Waals surface area contributed by atoms with E-state index in [1.807, 2.05) is 18.2 Å².